The minimum atomic E-state index is -0.927. The molecule has 1 aromatic heterocycles. The van der Waals surface area contributed by atoms with Crippen LogP contribution in [0.25, 0.3) is 0 Å². The molecule has 102 valence electrons. The van der Waals surface area contributed by atoms with Crippen LogP contribution in [-0.4, -0.2) is 20.6 Å². The molecule has 0 unspecified atom stereocenters. The van der Waals surface area contributed by atoms with Crippen LogP contribution in [0, 0.1) is 4.77 Å². The Bertz CT molecular complexity index is 837. The van der Waals surface area contributed by atoms with E-state index in [9.17, 15) is 14.7 Å². The number of carbonyl (C=O) groups excluding carboxylic acids is 1. The minimum Gasteiger partial charge on any atom is -0.494 e. The van der Waals surface area contributed by atoms with Gasteiger partial charge in [0.15, 0.2) is 10.9 Å². The molecule has 0 saturated heterocycles. The average Bonchev–Trinajstić information content (AvgIpc) is 2.75. The van der Waals surface area contributed by atoms with Crippen molar-refractivity contribution in [2.75, 3.05) is 0 Å². The predicted molar refractivity (Wildman–Crippen MR) is 72.2 cm³/mol. The fourth-order valence-electron chi connectivity index (χ4n) is 2.22. The largest absolute Gasteiger partial charge is 0.494 e. The van der Waals surface area contributed by atoms with E-state index in [2.05, 4.69) is 4.98 Å². The number of aromatic amines is 1. The Balaban J connectivity index is 2.27. The molecule has 0 spiro atoms. The van der Waals surface area contributed by atoms with Gasteiger partial charge >= 0.3 is 5.97 Å². The summed E-state index contributed by atoms with van der Waals surface area (Å²) >= 11 is 4.90. The number of hydrogen-bond acceptors (Lipinski definition) is 5. The SMILES string of the molecule is Cn1c(O)c([C@H]2OC(=O)c3ccccc32)c(=O)[nH]c1=S. The molecule has 0 amide bonds. The van der Waals surface area contributed by atoms with Gasteiger partial charge in [0.25, 0.3) is 5.56 Å². The number of esters is 1. The summed E-state index contributed by atoms with van der Waals surface area (Å²) in [5.41, 5.74) is 0.344. The number of rotatable bonds is 1. The van der Waals surface area contributed by atoms with E-state index < -0.39 is 17.6 Å². The lowest BCUT2D eigenvalue weighted by molar-refractivity contribution is 0.0449. The van der Waals surface area contributed by atoms with Crippen LogP contribution < -0.4 is 5.56 Å². The number of nitrogens with zero attached hydrogens (tertiary/aromatic N) is 1. The quantitative estimate of drug-likeness (QED) is 0.613. The van der Waals surface area contributed by atoms with Crippen molar-refractivity contribution in [1.82, 2.24) is 9.55 Å². The standard InChI is InChI=1S/C13H10N2O4S/c1-15-11(17)8(10(16)14-13(15)20)9-6-4-2-3-5-7(6)12(18)19-9/h2-5,9,17H,1H3,(H,14,16,20)/t9-/m0/s1. The second kappa shape index (κ2) is 4.31. The predicted octanol–water partition coefficient (Wildman–Crippen LogP) is 1.41. The van der Waals surface area contributed by atoms with Crippen molar-refractivity contribution in [1.29, 1.82) is 0 Å². The summed E-state index contributed by atoms with van der Waals surface area (Å²) in [5, 5.41) is 10.1. The Morgan fingerprint density at radius 2 is 2.05 bits per heavy atom. The van der Waals surface area contributed by atoms with Gasteiger partial charge in [0, 0.05) is 12.6 Å². The molecule has 0 bridgehead atoms. The smallest absolute Gasteiger partial charge is 0.339 e. The van der Waals surface area contributed by atoms with Gasteiger partial charge in [-0.25, -0.2) is 4.79 Å². The molecular formula is C13H10N2O4S. The van der Waals surface area contributed by atoms with Gasteiger partial charge in [0.2, 0.25) is 5.88 Å². The highest BCUT2D eigenvalue weighted by atomic mass is 32.1. The minimum absolute atomic E-state index is 0.0283. The number of benzene rings is 1. The van der Waals surface area contributed by atoms with Gasteiger partial charge in [-0.1, -0.05) is 18.2 Å². The van der Waals surface area contributed by atoms with Gasteiger partial charge in [-0.2, -0.15) is 0 Å². The number of aromatic nitrogens is 2. The first-order valence-electron chi connectivity index (χ1n) is 5.82. The lowest BCUT2D eigenvalue weighted by Gasteiger charge is -2.13. The van der Waals surface area contributed by atoms with Crippen molar-refractivity contribution in [3.05, 3.63) is 56.1 Å². The molecule has 20 heavy (non-hydrogen) atoms. The maximum absolute atomic E-state index is 12.0. The van der Waals surface area contributed by atoms with Crippen LogP contribution >= 0.6 is 12.2 Å². The van der Waals surface area contributed by atoms with Crippen LogP contribution in [0.2, 0.25) is 0 Å². The number of fused-ring (bicyclic) bond motifs is 1. The monoisotopic (exact) mass is 290 g/mol. The van der Waals surface area contributed by atoms with Crippen molar-refractivity contribution in [3.8, 4) is 5.88 Å². The van der Waals surface area contributed by atoms with E-state index in [0.29, 0.717) is 11.1 Å². The highest BCUT2D eigenvalue weighted by Crippen LogP contribution is 2.37. The van der Waals surface area contributed by atoms with Gasteiger partial charge in [-0.15, -0.1) is 0 Å². The summed E-state index contributed by atoms with van der Waals surface area (Å²) in [4.78, 5) is 26.3. The van der Waals surface area contributed by atoms with E-state index in [0.717, 1.165) is 0 Å². The van der Waals surface area contributed by atoms with Gasteiger partial charge < -0.3 is 9.84 Å². The number of H-pyrrole nitrogens is 1. The fraction of sp³-hybridized carbons (Fsp3) is 0.154. The number of carbonyl (C=O) groups is 1. The lowest BCUT2D eigenvalue weighted by Crippen LogP contribution is -2.21. The third-order valence-electron chi connectivity index (χ3n) is 3.28. The van der Waals surface area contributed by atoms with Crippen LogP contribution in [0.15, 0.2) is 29.1 Å². The zero-order valence-corrected chi connectivity index (χ0v) is 11.2. The van der Waals surface area contributed by atoms with Crippen LogP contribution in [0.4, 0.5) is 0 Å². The zero-order chi connectivity index (χ0) is 14.4. The maximum Gasteiger partial charge on any atom is 0.339 e. The Kier molecular flexibility index (Phi) is 2.72. The fourth-order valence-corrected chi connectivity index (χ4v) is 2.40. The third-order valence-corrected chi connectivity index (χ3v) is 3.65. The van der Waals surface area contributed by atoms with E-state index in [1.54, 1.807) is 24.3 Å². The first-order valence-corrected chi connectivity index (χ1v) is 6.23. The number of nitrogens with one attached hydrogen (secondary N) is 1. The van der Waals surface area contributed by atoms with Crippen molar-refractivity contribution in [2.24, 2.45) is 7.05 Å². The molecule has 3 rings (SSSR count). The summed E-state index contributed by atoms with van der Waals surface area (Å²) < 4.78 is 6.55. The Labute approximate surface area is 118 Å². The summed E-state index contributed by atoms with van der Waals surface area (Å²) in [6, 6.07) is 6.75. The molecule has 6 nitrogen and oxygen atoms in total. The van der Waals surface area contributed by atoms with Crippen molar-refractivity contribution < 1.29 is 14.6 Å². The number of hydrogen-bond donors (Lipinski definition) is 2. The van der Waals surface area contributed by atoms with Crippen molar-refractivity contribution >= 4 is 18.2 Å². The Morgan fingerprint density at radius 1 is 1.35 bits per heavy atom. The summed E-state index contributed by atoms with van der Waals surface area (Å²) in [7, 11) is 1.51. The molecule has 1 aliphatic heterocycles. The van der Waals surface area contributed by atoms with Crippen molar-refractivity contribution in [2.45, 2.75) is 6.10 Å². The highest BCUT2D eigenvalue weighted by Gasteiger charge is 2.35. The second-order valence-corrected chi connectivity index (χ2v) is 4.81. The summed E-state index contributed by atoms with van der Waals surface area (Å²) in [6.45, 7) is 0. The van der Waals surface area contributed by atoms with E-state index >= 15 is 0 Å². The molecule has 2 heterocycles. The lowest BCUT2D eigenvalue weighted by atomic mass is 10.0. The van der Waals surface area contributed by atoms with Crippen molar-refractivity contribution in [3.63, 3.8) is 0 Å². The molecule has 2 N–H and O–H groups in total. The number of ether oxygens (including phenoxy) is 1. The van der Waals surface area contributed by atoms with E-state index in [1.165, 1.54) is 11.6 Å². The molecule has 2 aromatic rings. The molecule has 0 aliphatic carbocycles. The topological polar surface area (TPSA) is 84.3 Å². The first kappa shape index (κ1) is 12.6. The summed E-state index contributed by atoms with van der Waals surface area (Å²) in [5.74, 6) is -0.831. The van der Waals surface area contributed by atoms with E-state index in [-0.39, 0.29) is 16.2 Å². The van der Waals surface area contributed by atoms with Gasteiger partial charge in [0.1, 0.15) is 5.56 Å². The van der Waals surface area contributed by atoms with Gasteiger partial charge in [-0.3, -0.25) is 14.3 Å². The highest BCUT2D eigenvalue weighted by molar-refractivity contribution is 7.71. The molecule has 1 atom stereocenters. The molecule has 0 saturated carbocycles. The zero-order valence-electron chi connectivity index (χ0n) is 10.4. The van der Waals surface area contributed by atoms with Crippen LogP contribution in [-0.2, 0) is 11.8 Å². The molecular weight excluding hydrogens is 280 g/mol. The maximum atomic E-state index is 12.0. The molecule has 0 fully saturated rings. The first-order chi connectivity index (χ1) is 9.50. The Morgan fingerprint density at radius 3 is 2.80 bits per heavy atom. The molecule has 0 radical (unpaired) electrons. The van der Waals surface area contributed by atoms with Crippen LogP contribution in [0.5, 0.6) is 5.88 Å². The van der Waals surface area contributed by atoms with Gasteiger partial charge in [0.05, 0.1) is 5.56 Å². The Hall–Kier alpha value is -2.41. The van der Waals surface area contributed by atoms with E-state index in [4.69, 9.17) is 17.0 Å². The van der Waals surface area contributed by atoms with Crippen LogP contribution in [0.3, 0.4) is 0 Å². The third kappa shape index (κ3) is 1.67. The second-order valence-electron chi connectivity index (χ2n) is 4.43. The average molecular weight is 290 g/mol. The molecule has 7 heteroatoms. The number of cyclic esters (lactones) is 1. The normalized spacial score (nSPS) is 16.9. The molecule has 1 aromatic carbocycles. The van der Waals surface area contributed by atoms with E-state index in [1.807, 2.05) is 0 Å². The number of aromatic hydroxyl groups is 1. The van der Waals surface area contributed by atoms with Gasteiger partial charge in [-0.05, 0) is 18.3 Å². The molecule has 1 aliphatic rings. The summed E-state index contributed by atoms with van der Waals surface area (Å²) in [6.07, 6.45) is -0.927. The van der Waals surface area contributed by atoms with Crippen LogP contribution in [0.1, 0.15) is 27.6 Å².